The van der Waals surface area contributed by atoms with Crippen LogP contribution in [0.2, 0.25) is 0 Å². The van der Waals surface area contributed by atoms with E-state index in [0.29, 0.717) is 28.8 Å². The molecule has 0 aliphatic carbocycles. The average Bonchev–Trinajstić information content (AvgIpc) is 3.34. The number of pyridine rings is 3. The molecule has 0 spiro atoms. The van der Waals surface area contributed by atoms with E-state index in [1.807, 2.05) is 127 Å². The molecule has 14 N–H and O–H groups in total. The second kappa shape index (κ2) is 39.9. The third-order valence-electron chi connectivity index (χ3n) is 7.87. The summed E-state index contributed by atoms with van der Waals surface area (Å²) in [6, 6.07) is 49.5. The molecule has 0 atom stereocenters. The van der Waals surface area contributed by atoms with Crippen LogP contribution in [0, 0.1) is 0 Å². The van der Waals surface area contributed by atoms with Crippen LogP contribution in [0.4, 0.5) is 34.5 Å². The van der Waals surface area contributed by atoms with Crippen LogP contribution in [0.15, 0.2) is 182 Å². The van der Waals surface area contributed by atoms with Gasteiger partial charge in [0.25, 0.3) is 0 Å². The molecule has 0 fully saturated rings. The van der Waals surface area contributed by atoms with Crippen molar-refractivity contribution in [1.82, 2.24) is 15.0 Å². The first-order valence-electron chi connectivity index (χ1n) is 17.9. The van der Waals surface area contributed by atoms with E-state index in [0.717, 1.165) is 45.5 Å². The third kappa shape index (κ3) is 25.5. The number of halogens is 3. The van der Waals surface area contributed by atoms with Gasteiger partial charge in [-0.1, -0.05) is 130 Å². The number of nitrogens with one attached hydrogen (secondary N) is 1. The van der Waals surface area contributed by atoms with Gasteiger partial charge in [0.2, 0.25) is 0 Å². The molecule has 0 amide bonds. The van der Waals surface area contributed by atoms with E-state index in [1.165, 1.54) is 0 Å². The second-order valence-electron chi connectivity index (χ2n) is 11.9. The topological polar surface area (TPSA) is 253 Å². The van der Waals surface area contributed by atoms with Gasteiger partial charge in [-0.25, -0.2) is 15.0 Å². The molecule has 0 saturated carbocycles. The van der Waals surface area contributed by atoms with Crippen molar-refractivity contribution in [3.05, 3.63) is 188 Å². The van der Waals surface area contributed by atoms with Gasteiger partial charge in [-0.3, -0.25) is 0 Å². The van der Waals surface area contributed by atoms with Crippen LogP contribution < -0.4 is 28.7 Å². The van der Waals surface area contributed by atoms with E-state index in [-0.39, 0.29) is 51.3 Å². The fraction of sp³-hybridized carbons (Fsp3) is 0.0426. The number of aromatic nitrogens is 3. The summed E-state index contributed by atoms with van der Waals surface area (Å²) in [5.74, 6) is 2.05. The van der Waals surface area contributed by atoms with Crippen LogP contribution in [0.5, 0.6) is 17.2 Å². The first-order chi connectivity index (χ1) is 31.0. The van der Waals surface area contributed by atoms with Crippen molar-refractivity contribution in [3.8, 4) is 17.2 Å². The fourth-order valence-corrected chi connectivity index (χ4v) is 4.96. The number of aromatic hydroxyl groups is 3. The van der Waals surface area contributed by atoms with Crippen LogP contribution in [0.25, 0.3) is 38.1 Å². The van der Waals surface area contributed by atoms with E-state index >= 15 is 0 Å². The maximum atomic E-state index is 9.29. The fourth-order valence-electron chi connectivity index (χ4n) is 4.96. The van der Waals surface area contributed by atoms with Crippen LogP contribution >= 0.6 is 54.3 Å². The molecule has 0 saturated heterocycles. The Morgan fingerprint density at radius 2 is 0.701 bits per heavy atom. The van der Waals surface area contributed by atoms with Crippen LogP contribution in [-0.4, -0.2) is 30.3 Å². The Bertz CT molecular complexity index is 2380. The number of benzene rings is 6. The minimum absolute atomic E-state index is 0. The maximum absolute atomic E-state index is 9.29. The van der Waals surface area contributed by atoms with Gasteiger partial charge in [-0.2, -0.15) is 13.5 Å². The second-order valence-corrected chi connectivity index (χ2v) is 13.5. The predicted octanol–water partition coefficient (Wildman–Crippen LogP) is 13.6. The summed E-state index contributed by atoms with van der Waals surface area (Å²) in [5, 5.41) is 33.5. The molecule has 0 aliphatic rings. The monoisotopic (exact) mass is 1150 g/mol. The van der Waals surface area contributed by atoms with Gasteiger partial charge >= 0.3 is 83.5 Å². The number of fused-ring (bicyclic) bond motifs is 3. The van der Waals surface area contributed by atoms with E-state index in [1.54, 1.807) is 55.0 Å². The van der Waals surface area contributed by atoms with Gasteiger partial charge < -0.3 is 49.7 Å². The zero-order valence-corrected chi connectivity index (χ0v) is 40.7. The molecular weight excluding hydrogens is 1100 g/mol. The number of rotatable bonds is 0. The molecule has 371 valence electrons. The first kappa shape index (κ1) is 66.0. The molecule has 3 heterocycles. The Morgan fingerprint density at radius 1 is 0.448 bits per heavy atom. The summed E-state index contributed by atoms with van der Waals surface area (Å²) < 4.78 is 0. The number of phenolic OH excluding ortho intramolecular Hbond substituents is 3. The molecule has 9 rings (SSSR count). The Hall–Kier alpha value is -5.25. The Morgan fingerprint density at radius 3 is 0.970 bits per heavy atom. The number of anilines is 5. The van der Waals surface area contributed by atoms with Gasteiger partial charge in [0.15, 0.2) is 0 Å². The molecule has 0 radical (unpaired) electrons. The Kier molecular flexibility index (Phi) is 39.3. The van der Waals surface area contributed by atoms with Crippen molar-refractivity contribution >= 4 is 121 Å². The average molecular weight is 1150 g/mol. The summed E-state index contributed by atoms with van der Waals surface area (Å²) >= 11 is 8.19. The Balaban J connectivity index is -0.000000718. The summed E-state index contributed by atoms with van der Waals surface area (Å²) in [6.07, 6.45) is 4.99. The van der Waals surface area contributed by atoms with E-state index < -0.39 is 0 Å². The third-order valence-corrected chi connectivity index (χ3v) is 7.87. The predicted molar refractivity (Wildman–Crippen MR) is 285 cm³/mol. The van der Waals surface area contributed by atoms with E-state index in [9.17, 15) is 15.3 Å². The van der Waals surface area contributed by atoms with Crippen molar-refractivity contribution in [2.24, 2.45) is 0 Å². The first-order valence-corrected chi connectivity index (χ1v) is 23.1. The van der Waals surface area contributed by atoms with Crippen molar-refractivity contribution in [2.45, 2.75) is 14.9 Å². The number of nitrogens with zero attached hydrogens (tertiary/aromatic N) is 3. The van der Waals surface area contributed by atoms with Gasteiger partial charge in [0, 0.05) is 29.4 Å². The molecule has 9 aromatic rings. The van der Waals surface area contributed by atoms with E-state index in [2.05, 4.69) is 85.3 Å². The molecule has 0 bridgehead atoms. The Labute approximate surface area is 439 Å². The zero-order valence-electron chi connectivity index (χ0n) is 33.8. The van der Waals surface area contributed by atoms with Crippen LogP contribution in [0.3, 0.4) is 0 Å². The number of hydrogen-bond donors (Lipinski definition) is 8. The summed E-state index contributed by atoms with van der Waals surface area (Å²) in [6.45, 7) is 0. The molecule has 0 unspecified atom stereocenters. The molecule has 12 nitrogen and oxygen atoms in total. The quantitative estimate of drug-likeness (QED) is 0.0401. The number of nitrogen functional groups attached to an aromatic ring is 5. The molecule has 0 aliphatic heterocycles. The molecular formula is C47H54Cl3Cu3N9O3S2. The minimum atomic E-state index is 0. The summed E-state index contributed by atoms with van der Waals surface area (Å²) in [7, 11) is 17.2. The van der Waals surface area contributed by atoms with Crippen LogP contribution in [-0.2, 0) is 42.6 Å². The standard InChI is InChI=1S/2C10H9NO.C10H8NO.3C5H6N2.2CH4.3ClH.3Cu.H2S.S/c3*11-10-8-4-2-1-3-7(8)5-6-9(10)12;3*6-5-3-1-2-4-7-5;;;;;;;;;;/h2*1-6,12H,11H2;1-6,11-12H;3*1-4H,(H2,6,7);2*1H4;3*1H;;;;1H2;/q;;-1;;;;;;;;;;2*+2;;/p-3. The van der Waals surface area contributed by atoms with Gasteiger partial charge in [-0.05, 0) is 76.1 Å². The number of phenols is 3. The molecule has 6 aromatic carbocycles. The van der Waals surface area contributed by atoms with Gasteiger partial charge in [0.1, 0.15) is 34.7 Å². The molecule has 67 heavy (non-hydrogen) atoms. The van der Waals surface area contributed by atoms with Crippen LogP contribution in [0.1, 0.15) is 14.9 Å². The van der Waals surface area contributed by atoms with Crippen molar-refractivity contribution in [3.63, 3.8) is 0 Å². The number of nitrogens with two attached hydrogens (primary N) is 5. The van der Waals surface area contributed by atoms with Gasteiger partial charge in [0.05, 0.1) is 11.4 Å². The summed E-state index contributed by atoms with van der Waals surface area (Å²) in [4.78, 5) is 11.3. The molecule has 20 heteroatoms. The van der Waals surface area contributed by atoms with Crippen molar-refractivity contribution in [1.29, 1.82) is 0 Å². The zero-order chi connectivity index (χ0) is 47.7. The van der Waals surface area contributed by atoms with Gasteiger partial charge in [-0.15, -0.1) is 0 Å². The normalized spacial score (nSPS) is 8.76. The molecule has 3 aromatic heterocycles. The SMILES string of the molecule is C.C.Nc1c(O)ccc2ccccc12.Nc1c(O)ccc2ccccc12.Nc1ccccn1.Nc1ccccn1.Nc1ccccn1.S.[Cl][Cu+].[Cl][Cu][Cl].[NH-]c1c(O)ccc2ccccc12.[S]=[Cu]. The van der Waals surface area contributed by atoms with Crippen molar-refractivity contribution in [2.75, 3.05) is 28.7 Å². The number of hydrogen-bond acceptors (Lipinski definition) is 12. The van der Waals surface area contributed by atoms with E-state index in [4.69, 9.17) is 34.4 Å². The van der Waals surface area contributed by atoms with Crippen molar-refractivity contribution < 1.29 is 57.9 Å². The summed E-state index contributed by atoms with van der Waals surface area (Å²) in [5.41, 5.74) is 35.7.